The zero-order chi connectivity index (χ0) is 24.1. The van der Waals surface area contributed by atoms with Crippen LogP contribution in [0.5, 0.6) is 0 Å². The minimum atomic E-state index is -0.946. The number of nitrogens with zero attached hydrogens (tertiary/aromatic N) is 1. The first-order valence-electron chi connectivity index (χ1n) is 10.3. The minimum absolute atomic E-state index is 0.0584. The second kappa shape index (κ2) is 10.4. The molecule has 0 aliphatic carbocycles. The van der Waals surface area contributed by atoms with E-state index in [1.807, 2.05) is 52.8 Å². The van der Waals surface area contributed by atoms with E-state index in [2.05, 4.69) is 23.3 Å². The molecule has 0 aromatic heterocycles. The second-order valence-corrected chi connectivity index (χ2v) is 10.2. The van der Waals surface area contributed by atoms with E-state index >= 15 is 0 Å². The van der Waals surface area contributed by atoms with E-state index in [4.69, 9.17) is 4.74 Å². The van der Waals surface area contributed by atoms with E-state index in [0.717, 1.165) is 16.7 Å². The number of hydrogen-bond acceptors (Lipinski definition) is 5. The maximum atomic E-state index is 13.3. The standard InChI is InChI=1S/C23H37N3O4S/c1-14-10-11-15(2)16(12-14)18(19(27)25-22(3,4)5)26(9)20(28)17(13-31)24-21(29)30-23(6,7)8/h10-12,17-18,31H,13H2,1-9H3,(H,24,29)(H,25,27). The van der Waals surface area contributed by atoms with Gasteiger partial charge in [-0.3, -0.25) is 9.59 Å². The topological polar surface area (TPSA) is 87.7 Å². The van der Waals surface area contributed by atoms with Crippen molar-refractivity contribution in [2.24, 2.45) is 0 Å². The highest BCUT2D eigenvalue weighted by molar-refractivity contribution is 7.80. The van der Waals surface area contributed by atoms with Crippen molar-refractivity contribution in [1.82, 2.24) is 15.5 Å². The number of carbonyl (C=O) groups excluding carboxylic acids is 3. The van der Waals surface area contributed by atoms with Gasteiger partial charge in [-0.2, -0.15) is 12.6 Å². The number of likely N-dealkylation sites (N-methyl/N-ethyl adjacent to an activating group) is 1. The van der Waals surface area contributed by atoms with Crippen molar-refractivity contribution in [1.29, 1.82) is 0 Å². The predicted molar refractivity (Wildman–Crippen MR) is 126 cm³/mol. The molecule has 0 aliphatic rings. The lowest BCUT2D eigenvalue weighted by Gasteiger charge is -2.34. The Kier molecular flexibility index (Phi) is 8.99. The average molecular weight is 452 g/mol. The fourth-order valence-electron chi connectivity index (χ4n) is 3.03. The molecule has 0 aliphatic heterocycles. The van der Waals surface area contributed by atoms with Crippen LogP contribution in [0.3, 0.4) is 0 Å². The predicted octanol–water partition coefficient (Wildman–Crippen LogP) is 3.54. The minimum Gasteiger partial charge on any atom is -0.444 e. The summed E-state index contributed by atoms with van der Waals surface area (Å²) in [6, 6.07) is 3.98. The molecule has 0 bridgehead atoms. The van der Waals surface area contributed by atoms with E-state index in [-0.39, 0.29) is 11.7 Å². The first-order valence-corrected chi connectivity index (χ1v) is 10.9. The van der Waals surface area contributed by atoms with Crippen LogP contribution in [0, 0.1) is 13.8 Å². The highest BCUT2D eigenvalue weighted by atomic mass is 32.1. The van der Waals surface area contributed by atoms with Crippen LogP contribution in [0.15, 0.2) is 18.2 Å². The Labute approximate surface area is 191 Å². The van der Waals surface area contributed by atoms with Crippen LogP contribution in [0.1, 0.15) is 64.3 Å². The lowest BCUT2D eigenvalue weighted by Crippen LogP contribution is -2.54. The molecule has 31 heavy (non-hydrogen) atoms. The zero-order valence-electron chi connectivity index (χ0n) is 20.1. The van der Waals surface area contributed by atoms with Crippen molar-refractivity contribution in [3.63, 3.8) is 0 Å². The number of benzene rings is 1. The summed E-state index contributed by atoms with van der Waals surface area (Å²) >= 11 is 4.23. The molecule has 0 saturated carbocycles. The van der Waals surface area contributed by atoms with Crippen molar-refractivity contribution in [2.75, 3.05) is 12.8 Å². The monoisotopic (exact) mass is 451 g/mol. The van der Waals surface area contributed by atoms with Crippen LogP contribution in [-0.4, -0.2) is 52.8 Å². The van der Waals surface area contributed by atoms with Gasteiger partial charge in [0.2, 0.25) is 11.8 Å². The summed E-state index contributed by atoms with van der Waals surface area (Å²) in [5.74, 6) is -0.675. The van der Waals surface area contributed by atoms with Gasteiger partial charge in [0.15, 0.2) is 0 Å². The molecule has 8 heteroatoms. The lowest BCUT2D eigenvalue weighted by molar-refractivity contribution is -0.141. The van der Waals surface area contributed by atoms with Gasteiger partial charge in [-0.15, -0.1) is 0 Å². The normalized spacial score (nSPS) is 13.7. The largest absolute Gasteiger partial charge is 0.444 e. The Bertz CT molecular complexity index is 812. The molecule has 2 N–H and O–H groups in total. The zero-order valence-corrected chi connectivity index (χ0v) is 21.0. The Morgan fingerprint density at radius 1 is 1.10 bits per heavy atom. The molecule has 3 amide bonds. The summed E-state index contributed by atoms with van der Waals surface area (Å²) in [7, 11) is 1.56. The lowest BCUT2D eigenvalue weighted by atomic mass is 9.95. The van der Waals surface area contributed by atoms with Crippen LogP contribution in [0.25, 0.3) is 0 Å². The molecule has 174 valence electrons. The summed E-state index contributed by atoms with van der Waals surface area (Å²) in [6.07, 6.45) is -0.712. The summed E-state index contributed by atoms with van der Waals surface area (Å²) < 4.78 is 5.26. The van der Waals surface area contributed by atoms with Gasteiger partial charge >= 0.3 is 6.09 Å². The molecule has 1 rings (SSSR count). The van der Waals surface area contributed by atoms with E-state index < -0.39 is 35.2 Å². The highest BCUT2D eigenvalue weighted by Gasteiger charge is 2.35. The molecule has 0 fully saturated rings. The summed E-state index contributed by atoms with van der Waals surface area (Å²) in [4.78, 5) is 40.1. The van der Waals surface area contributed by atoms with Gasteiger partial charge in [0.25, 0.3) is 0 Å². The van der Waals surface area contributed by atoms with Gasteiger partial charge < -0.3 is 20.3 Å². The van der Waals surface area contributed by atoms with Gasteiger partial charge in [0.05, 0.1) is 0 Å². The number of alkyl carbamates (subject to hydrolysis) is 1. The third-order valence-corrected chi connectivity index (χ3v) is 4.75. The molecule has 0 saturated heterocycles. The third kappa shape index (κ3) is 8.44. The molecule has 7 nitrogen and oxygen atoms in total. The average Bonchev–Trinajstić information content (AvgIpc) is 2.59. The van der Waals surface area contributed by atoms with Gasteiger partial charge in [0.1, 0.15) is 17.7 Å². The molecule has 0 spiro atoms. The number of aryl methyl sites for hydroxylation is 2. The number of ether oxygens (including phenoxy) is 1. The van der Waals surface area contributed by atoms with Crippen LogP contribution in [0.4, 0.5) is 4.79 Å². The number of rotatable bonds is 6. The van der Waals surface area contributed by atoms with Gasteiger partial charge in [-0.1, -0.05) is 23.8 Å². The Morgan fingerprint density at radius 2 is 1.68 bits per heavy atom. The third-order valence-electron chi connectivity index (χ3n) is 4.38. The number of amides is 3. The molecule has 2 atom stereocenters. The number of carbonyl (C=O) groups is 3. The Balaban J connectivity index is 3.27. The van der Waals surface area contributed by atoms with Gasteiger partial charge in [-0.25, -0.2) is 4.79 Å². The highest BCUT2D eigenvalue weighted by Crippen LogP contribution is 2.26. The van der Waals surface area contributed by atoms with Crippen LogP contribution in [-0.2, 0) is 14.3 Å². The Morgan fingerprint density at radius 3 is 2.16 bits per heavy atom. The van der Waals surface area contributed by atoms with E-state index in [0.29, 0.717) is 0 Å². The maximum Gasteiger partial charge on any atom is 0.408 e. The van der Waals surface area contributed by atoms with E-state index in [1.165, 1.54) is 4.90 Å². The first-order chi connectivity index (χ1) is 14.1. The molecule has 1 aromatic rings. The second-order valence-electron chi connectivity index (χ2n) is 9.83. The summed E-state index contributed by atoms with van der Waals surface area (Å²) in [5.41, 5.74) is 1.42. The molecular weight excluding hydrogens is 414 g/mol. The van der Waals surface area contributed by atoms with Gasteiger partial charge in [0, 0.05) is 18.3 Å². The summed E-state index contributed by atoms with van der Waals surface area (Å²) in [6.45, 7) is 14.7. The molecule has 0 heterocycles. The van der Waals surface area contributed by atoms with E-state index in [1.54, 1.807) is 27.8 Å². The fourth-order valence-corrected chi connectivity index (χ4v) is 3.27. The number of hydrogen-bond donors (Lipinski definition) is 3. The Hall–Kier alpha value is -2.22. The molecule has 0 radical (unpaired) electrons. The van der Waals surface area contributed by atoms with Crippen LogP contribution < -0.4 is 10.6 Å². The smallest absolute Gasteiger partial charge is 0.408 e. The molecule has 2 unspecified atom stereocenters. The van der Waals surface area contributed by atoms with Crippen LogP contribution >= 0.6 is 12.6 Å². The summed E-state index contributed by atoms with van der Waals surface area (Å²) in [5, 5.41) is 5.53. The van der Waals surface area contributed by atoms with Crippen molar-refractivity contribution >= 4 is 30.5 Å². The SMILES string of the molecule is Cc1ccc(C)c(C(C(=O)NC(C)(C)C)N(C)C(=O)C(CS)NC(=O)OC(C)(C)C)c1. The maximum absolute atomic E-state index is 13.3. The van der Waals surface area contributed by atoms with Crippen molar-refractivity contribution < 1.29 is 19.1 Å². The fraction of sp³-hybridized carbons (Fsp3) is 0.609. The first kappa shape index (κ1) is 26.8. The number of nitrogens with one attached hydrogen (secondary N) is 2. The molecular formula is C23H37N3O4S. The van der Waals surface area contributed by atoms with Gasteiger partial charge in [-0.05, 0) is 66.5 Å². The van der Waals surface area contributed by atoms with Crippen molar-refractivity contribution in [3.8, 4) is 0 Å². The van der Waals surface area contributed by atoms with Crippen molar-refractivity contribution in [2.45, 2.75) is 78.6 Å². The van der Waals surface area contributed by atoms with Crippen LogP contribution in [0.2, 0.25) is 0 Å². The van der Waals surface area contributed by atoms with Crippen molar-refractivity contribution in [3.05, 3.63) is 34.9 Å². The quantitative estimate of drug-likeness (QED) is 0.577. The number of thiol groups is 1. The van der Waals surface area contributed by atoms with E-state index in [9.17, 15) is 14.4 Å². The molecule has 1 aromatic carbocycles.